The Morgan fingerprint density at radius 1 is 1.44 bits per heavy atom. The molecule has 88 valence electrons. The summed E-state index contributed by atoms with van der Waals surface area (Å²) >= 11 is 4.30. The van der Waals surface area contributed by atoms with Gasteiger partial charge in [0.25, 0.3) is 5.91 Å². The minimum atomic E-state index is -0.294. The second kappa shape index (κ2) is 6.60. The Hall–Kier alpha value is -0.0900. The first-order valence-corrected chi connectivity index (χ1v) is 6.88. The summed E-state index contributed by atoms with van der Waals surface area (Å²) in [4.78, 5) is 11.4. The topological polar surface area (TPSA) is 64.3 Å². The van der Waals surface area contributed by atoms with Gasteiger partial charge in [-0.3, -0.25) is 10.2 Å². The maximum absolute atomic E-state index is 11.4. The summed E-state index contributed by atoms with van der Waals surface area (Å²) in [5.41, 5.74) is 2.65. The lowest BCUT2D eigenvalue weighted by Gasteiger charge is -2.11. The van der Waals surface area contributed by atoms with Gasteiger partial charge < -0.3 is 4.74 Å². The van der Waals surface area contributed by atoms with Gasteiger partial charge in [-0.1, -0.05) is 6.92 Å². The summed E-state index contributed by atoms with van der Waals surface area (Å²) in [6.45, 7) is 2.73. The molecule has 1 aromatic carbocycles. The van der Waals surface area contributed by atoms with Crippen LogP contribution >= 0.6 is 45.2 Å². The van der Waals surface area contributed by atoms with Gasteiger partial charge in [0.05, 0.1) is 13.7 Å². The minimum Gasteiger partial charge on any atom is -0.491 e. The first-order valence-electron chi connectivity index (χ1n) is 4.73. The Balaban J connectivity index is 3.02. The van der Waals surface area contributed by atoms with Crippen LogP contribution in [0.5, 0.6) is 5.75 Å². The summed E-state index contributed by atoms with van der Waals surface area (Å²) in [7, 11) is 0. The first-order chi connectivity index (χ1) is 7.60. The molecule has 0 aliphatic carbocycles. The van der Waals surface area contributed by atoms with Crippen molar-refractivity contribution in [3.63, 3.8) is 0 Å². The molecule has 0 atom stereocenters. The molecule has 16 heavy (non-hydrogen) atoms. The van der Waals surface area contributed by atoms with Crippen LogP contribution in [0.15, 0.2) is 12.1 Å². The zero-order chi connectivity index (χ0) is 12.1. The van der Waals surface area contributed by atoms with Crippen LogP contribution in [-0.4, -0.2) is 12.5 Å². The van der Waals surface area contributed by atoms with Crippen molar-refractivity contribution in [1.82, 2.24) is 5.43 Å². The molecule has 0 unspecified atom stereocenters. The molecule has 3 N–H and O–H groups in total. The Kier molecular flexibility index (Phi) is 5.76. The normalized spacial score (nSPS) is 10.0. The van der Waals surface area contributed by atoms with E-state index in [1.54, 1.807) is 12.1 Å². The van der Waals surface area contributed by atoms with E-state index in [4.69, 9.17) is 10.6 Å². The second-order valence-corrected chi connectivity index (χ2v) is 5.42. The highest BCUT2D eigenvalue weighted by Gasteiger charge is 2.12. The monoisotopic (exact) mass is 446 g/mol. The number of hydrazine groups is 1. The van der Waals surface area contributed by atoms with E-state index in [1.165, 1.54) is 0 Å². The smallest absolute Gasteiger partial charge is 0.265 e. The molecule has 6 heteroatoms. The molecule has 0 radical (unpaired) electrons. The highest BCUT2D eigenvalue weighted by Crippen LogP contribution is 2.29. The summed E-state index contributed by atoms with van der Waals surface area (Å²) in [5, 5.41) is 0. The number of rotatable bonds is 4. The third-order valence-corrected chi connectivity index (χ3v) is 3.44. The van der Waals surface area contributed by atoms with Crippen LogP contribution in [0.3, 0.4) is 0 Å². The minimum absolute atomic E-state index is 0.294. The second-order valence-electron chi connectivity index (χ2n) is 3.09. The van der Waals surface area contributed by atoms with E-state index in [2.05, 4.69) is 57.5 Å². The van der Waals surface area contributed by atoms with E-state index in [0.717, 1.165) is 19.3 Å². The maximum Gasteiger partial charge on any atom is 0.265 e. The van der Waals surface area contributed by atoms with E-state index in [0.29, 0.717) is 12.2 Å². The van der Waals surface area contributed by atoms with Crippen LogP contribution in [0.4, 0.5) is 0 Å². The fourth-order valence-electron chi connectivity index (χ4n) is 1.12. The largest absolute Gasteiger partial charge is 0.491 e. The summed E-state index contributed by atoms with van der Waals surface area (Å²) in [6, 6.07) is 3.52. The number of carbonyl (C=O) groups is 1. The predicted molar refractivity (Wildman–Crippen MR) is 79.3 cm³/mol. The van der Waals surface area contributed by atoms with Crippen molar-refractivity contribution in [2.45, 2.75) is 13.3 Å². The Morgan fingerprint density at radius 3 is 2.44 bits per heavy atom. The summed E-state index contributed by atoms with van der Waals surface area (Å²) < 4.78 is 7.43. The van der Waals surface area contributed by atoms with Crippen LogP contribution in [0.1, 0.15) is 23.7 Å². The molecule has 0 spiro atoms. The van der Waals surface area contributed by atoms with Gasteiger partial charge in [-0.2, -0.15) is 0 Å². The lowest BCUT2D eigenvalue weighted by atomic mass is 10.2. The summed E-state index contributed by atoms with van der Waals surface area (Å²) in [5.74, 6) is 5.62. The van der Waals surface area contributed by atoms with E-state index in [1.807, 2.05) is 0 Å². The van der Waals surface area contributed by atoms with Crippen LogP contribution in [0.2, 0.25) is 0 Å². The van der Waals surface area contributed by atoms with Gasteiger partial charge in [0.1, 0.15) is 5.75 Å². The van der Waals surface area contributed by atoms with E-state index in [9.17, 15) is 4.79 Å². The van der Waals surface area contributed by atoms with Crippen molar-refractivity contribution < 1.29 is 9.53 Å². The number of nitrogens with two attached hydrogens (primary N) is 1. The molecule has 0 saturated heterocycles. The van der Waals surface area contributed by atoms with Gasteiger partial charge in [-0.05, 0) is 63.7 Å². The highest BCUT2D eigenvalue weighted by atomic mass is 127. The zero-order valence-corrected chi connectivity index (χ0v) is 13.0. The number of hydrogen-bond acceptors (Lipinski definition) is 3. The number of nitrogens with one attached hydrogen (secondary N) is 1. The number of carbonyl (C=O) groups excluding carboxylic acids is 1. The molecule has 1 aromatic rings. The van der Waals surface area contributed by atoms with Gasteiger partial charge in [0.15, 0.2) is 0 Å². The highest BCUT2D eigenvalue weighted by molar-refractivity contribution is 14.1. The molecule has 0 fully saturated rings. The molecule has 1 rings (SSSR count). The molecule has 4 nitrogen and oxygen atoms in total. The van der Waals surface area contributed by atoms with Gasteiger partial charge in [-0.15, -0.1) is 0 Å². The maximum atomic E-state index is 11.4. The summed E-state index contributed by atoms with van der Waals surface area (Å²) in [6.07, 6.45) is 0.956. The van der Waals surface area contributed by atoms with E-state index < -0.39 is 0 Å². The van der Waals surface area contributed by atoms with Crippen LogP contribution in [-0.2, 0) is 0 Å². The number of benzene rings is 1. The lowest BCUT2D eigenvalue weighted by molar-refractivity contribution is 0.0953. The fraction of sp³-hybridized carbons (Fsp3) is 0.300. The molecule has 0 aliphatic rings. The van der Waals surface area contributed by atoms with Crippen molar-refractivity contribution in [2.24, 2.45) is 5.84 Å². The average molecular weight is 446 g/mol. The lowest BCUT2D eigenvalue weighted by Crippen LogP contribution is -2.30. The van der Waals surface area contributed by atoms with E-state index >= 15 is 0 Å². The van der Waals surface area contributed by atoms with Gasteiger partial charge in [0, 0.05) is 5.56 Å². The molecule has 0 aliphatic heterocycles. The van der Waals surface area contributed by atoms with Gasteiger partial charge >= 0.3 is 0 Å². The Morgan fingerprint density at radius 2 is 2.00 bits per heavy atom. The number of amides is 1. The molecular formula is C10H12I2N2O2. The Labute approximate surface area is 122 Å². The Bertz CT molecular complexity index is 373. The molecule has 0 aromatic heterocycles. The molecule has 0 heterocycles. The molecule has 0 saturated carbocycles. The van der Waals surface area contributed by atoms with Crippen molar-refractivity contribution >= 4 is 51.1 Å². The number of hydrogen-bond donors (Lipinski definition) is 2. The quantitative estimate of drug-likeness (QED) is 0.323. The molecular weight excluding hydrogens is 434 g/mol. The predicted octanol–water partition coefficient (Wildman–Crippen LogP) is 2.29. The molecule has 0 bridgehead atoms. The van der Waals surface area contributed by atoms with Crippen LogP contribution in [0.25, 0.3) is 0 Å². The van der Waals surface area contributed by atoms with Crippen molar-refractivity contribution in [3.8, 4) is 5.75 Å². The van der Waals surface area contributed by atoms with Crippen molar-refractivity contribution in [2.75, 3.05) is 6.61 Å². The van der Waals surface area contributed by atoms with E-state index in [-0.39, 0.29) is 5.91 Å². The standard InChI is InChI=1S/C10H12I2N2O2/c1-2-3-16-9-7(11)4-6(5-8(9)12)10(15)14-13/h4-5H,2-3,13H2,1H3,(H,14,15). The third-order valence-electron chi connectivity index (χ3n) is 1.84. The molecule has 1 amide bonds. The average Bonchev–Trinajstić information content (AvgIpc) is 2.26. The zero-order valence-electron chi connectivity index (χ0n) is 8.72. The van der Waals surface area contributed by atoms with Gasteiger partial charge in [0.2, 0.25) is 0 Å². The van der Waals surface area contributed by atoms with Crippen molar-refractivity contribution in [3.05, 3.63) is 24.8 Å². The number of ether oxygens (including phenoxy) is 1. The number of nitrogen functional groups attached to an aromatic ring is 1. The fourth-order valence-corrected chi connectivity index (χ4v) is 3.20. The third kappa shape index (κ3) is 3.45. The van der Waals surface area contributed by atoms with Gasteiger partial charge in [-0.25, -0.2) is 5.84 Å². The first kappa shape index (κ1) is 14.0. The van der Waals surface area contributed by atoms with Crippen LogP contribution in [0, 0.1) is 7.14 Å². The van der Waals surface area contributed by atoms with Crippen molar-refractivity contribution in [1.29, 1.82) is 0 Å². The van der Waals surface area contributed by atoms with Crippen LogP contribution < -0.4 is 16.0 Å². The number of halogens is 2. The SMILES string of the molecule is CCCOc1c(I)cc(C(=O)NN)cc1I.